The molecular weight excluding hydrogens is 238 g/mol. The molecule has 1 rings (SSSR count). The van der Waals surface area contributed by atoms with E-state index in [1.807, 2.05) is 11.9 Å². The Hall–Kier alpha value is -0.870. The first-order valence-electron chi connectivity index (χ1n) is 5.79. The summed E-state index contributed by atoms with van der Waals surface area (Å²) in [6.07, 6.45) is 1.79. The van der Waals surface area contributed by atoms with Crippen LogP contribution >= 0.6 is 11.6 Å². The Kier molecular flexibility index (Phi) is 4.71. The lowest BCUT2D eigenvalue weighted by molar-refractivity contribution is 0.0884. The number of likely N-dealkylation sites (N-methyl/N-ethyl adjacent to an activating group) is 1. The van der Waals surface area contributed by atoms with Gasteiger partial charge in [-0.05, 0) is 20.3 Å². The number of hydrogen-bond acceptors (Lipinski definition) is 4. The van der Waals surface area contributed by atoms with Crippen molar-refractivity contribution in [2.24, 2.45) is 0 Å². The molecule has 0 fully saturated rings. The summed E-state index contributed by atoms with van der Waals surface area (Å²) in [6.45, 7) is 6.09. The number of nitrogens with zero attached hydrogens (tertiary/aromatic N) is 3. The van der Waals surface area contributed by atoms with Crippen LogP contribution < -0.4 is 4.90 Å². The van der Waals surface area contributed by atoms with Crippen LogP contribution in [0.4, 0.5) is 5.82 Å². The van der Waals surface area contributed by atoms with Crippen molar-refractivity contribution in [3.63, 3.8) is 0 Å². The second kappa shape index (κ2) is 5.65. The topological polar surface area (TPSA) is 49.2 Å². The van der Waals surface area contributed by atoms with Crippen molar-refractivity contribution in [2.75, 3.05) is 18.5 Å². The van der Waals surface area contributed by atoms with Gasteiger partial charge in [0.05, 0.1) is 5.60 Å². The first-order valence-corrected chi connectivity index (χ1v) is 6.16. The Morgan fingerprint density at radius 3 is 2.59 bits per heavy atom. The highest BCUT2D eigenvalue weighted by Gasteiger charge is 2.17. The highest BCUT2D eigenvalue weighted by atomic mass is 35.5. The van der Waals surface area contributed by atoms with Crippen molar-refractivity contribution in [3.8, 4) is 0 Å². The van der Waals surface area contributed by atoms with E-state index in [4.69, 9.17) is 11.6 Å². The van der Waals surface area contributed by atoms with E-state index in [-0.39, 0.29) is 0 Å². The number of halogens is 1. The summed E-state index contributed by atoms with van der Waals surface area (Å²) in [7, 11) is 1.88. The van der Waals surface area contributed by atoms with Crippen molar-refractivity contribution < 1.29 is 5.11 Å². The van der Waals surface area contributed by atoms with Gasteiger partial charge in [0.15, 0.2) is 0 Å². The van der Waals surface area contributed by atoms with Crippen molar-refractivity contribution in [1.82, 2.24) is 9.97 Å². The van der Waals surface area contributed by atoms with E-state index in [1.165, 1.54) is 0 Å². The van der Waals surface area contributed by atoms with Crippen LogP contribution in [0, 0.1) is 0 Å². The van der Waals surface area contributed by atoms with Gasteiger partial charge in [-0.25, -0.2) is 9.97 Å². The van der Waals surface area contributed by atoms with Gasteiger partial charge in [0.2, 0.25) is 0 Å². The molecule has 0 unspecified atom stereocenters. The zero-order chi connectivity index (χ0) is 13.1. The number of hydrogen-bond donors (Lipinski definition) is 1. The molecule has 0 saturated heterocycles. The molecule has 1 aromatic rings. The number of rotatable bonds is 5. The summed E-state index contributed by atoms with van der Waals surface area (Å²) in [4.78, 5) is 10.5. The highest BCUT2D eigenvalue weighted by Crippen LogP contribution is 2.17. The predicted molar refractivity (Wildman–Crippen MR) is 70.6 cm³/mol. The Balaban J connectivity index is 2.89. The van der Waals surface area contributed by atoms with Gasteiger partial charge in [-0.3, -0.25) is 0 Å². The monoisotopic (exact) mass is 257 g/mol. The van der Waals surface area contributed by atoms with E-state index in [0.29, 0.717) is 11.7 Å². The summed E-state index contributed by atoms with van der Waals surface area (Å²) >= 11 is 5.96. The molecule has 0 amide bonds. The van der Waals surface area contributed by atoms with E-state index in [1.54, 1.807) is 19.9 Å². The second-order valence-electron chi connectivity index (χ2n) is 4.88. The highest BCUT2D eigenvalue weighted by molar-refractivity contribution is 6.29. The van der Waals surface area contributed by atoms with Crippen LogP contribution in [0.3, 0.4) is 0 Å². The zero-order valence-electron chi connectivity index (χ0n) is 10.9. The molecule has 0 saturated carbocycles. The van der Waals surface area contributed by atoms with Crippen molar-refractivity contribution >= 4 is 17.4 Å². The molecular formula is C12H20ClN3O. The molecule has 1 aromatic heterocycles. The maximum absolute atomic E-state index is 9.77. The maximum atomic E-state index is 9.77. The summed E-state index contributed by atoms with van der Waals surface area (Å²) in [5.41, 5.74) is -0.767. The molecule has 96 valence electrons. The van der Waals surface area contributed by atoms with Gasteiger partial charge >= 0.3 is 0 Å². The average molecular weight is 258 g/mol. The summed E-state index contributed by atoms with van der Waals surface area (Å²) < 4.78 is 0. The van der Waals surface area contributed by atoms with Crippen molar-refractivity contribution in [3.05, 3.63) is 17.0 Å². The fourth-order valence-corrected chi connectivity index (χ4v) is 1.84. The third-order valence-corrected chi connectivity index (χ3v) is 2.41. The lowest BCUT2D eigenvalue weighted by atomic mass is 10.1. The van der Waals surface area contributed by atoms with Gasteiger partial charge in [-0.1, -0.05) is 18.5 Å². The molecule has 0 atom stereocenters. The minimum Gasteiger partial charge on any atom is -0.389 e. The fourth-order valence-electron chi connectivity index (χ4n) is 1.64. The van der Waals surface area contributed by atoms with Crippen molar-refractivity contribution in [1.29, 1.82) is 0 Å². The van der Waals surface area contributed by atoms with E-state index >= 15 is 0 Å². The molecule has 0 radical (unpaired) electrons. The largest absolute Gasteiger partial charge is 0.389 e. The quantitative estimate of drug-likeness (QED) is 0.823. The molecule has 1 heterocycles. The van der Waals surface area contributed by atoms with Gasteiger partial charge < -0.3 is 10.0 Å². The Morgan fingerprint density at radius 1 is 1.41 bits per heavy atom. The molecule has 0 aromatic carbocycles. The number of anilines is 1. The van der Waals surface area contributed by atoms with Crippen LogP contribution in [0.25, 0.3) is 0 Å². The SMILES string of the molecule is CCCc1nc(Cl)cc(N(C)CC(C)(C)O)n1. The standard InChI is InChI=1S/C12H20ClN3O/c1-5-6-10-14-9(13)7-11(15-10)16(4)8-12(2,3)17/h7,17H,5-6,8H2,1-4H3. The average Bonchev–Trinajstić information content (AvgIpc) is 2.14. The second-order valence-corrected chi connectivity index (χ2v) is 5.27. The minimum absolute atomic E-state index is 0.445. The molecule has 0 bridgehead atoms. The molecule has 0 aliphatic carbocycles. The Bertz CT molecular complexity index is 377. The predicted octanol–water partition coefficient (Wildman–Crippen LogP) is 2.29. The first kappa shape index (κ1) is 14.2. The minimum atomic E-state index is -0.767. The Morgan fingerprint density at radius 2 is 2.06 bits per heavy atom. The lowest BCUT2D eigenvalue weighted by Crippen LogP contribution is -2.36. The summed E-state index contributed by atoms with van der Waals surface area (Å²) in [5.74, 6) is 1.49. The molecule has 17 heavy (non-hydrogen) atoms. The molecule has 0 spiro atoms. The number of aliphatic hydroxyl groups is 1. The van der Waals surface area contributed by atoms with Crippen LogP contribution in [-0.2, 0) is 6.42 Å². The van der Waals surface area contributed by atoms with Gasteiger partial charge in [-0.15, -0.1) is 0 Å². The zero-order valence-corrected chi connectivity index (χ0v) is 11.6. The summed E-state index contributed by atoms with van der Waals surface area (Å²) in [6, 6.07) is 1.71. The Labute approximate surface area is 108 Å². The molecule has 5 heteroatoms. The van der Waals surface area contributed by atoms with E-state index in [0.717, 1.165) is 24.5 Å². The van der Waals surface area contributed by atoms with Gasteiger partial charge in [0.1, 0.15) is 16.8 Å². The first-order chi connectivity index (χ1) is 7.81. The van der Waals surface area contributed by atoms with Gasteiger partial charge in [0, 0.05) is 26.1 Å². The third-order valence-electron chi connectivity index (χ3n) is 2.22. The van der Waals surface area contributed by atoms with Crippen LogP contribution in [0.2, 0.25) is 5.15 Å². The van der Waals surface area contributed by atoms with E-state index in [2.05, 4.69) is 16.9 Å². The van der Waals surface area contributed by atoms with Crippen molar-refractivity contribution in [2.45, 2.75) is 39.2 Å². The molecule has 4 nitrogen and oxygen atoms in total. The smallest absolute Gasteiger partial charge is 0.134 e. The number of aryl methyl sites for hydroxylation is 1. The van der Waals surface area contributed by atoms with Crippen LogP contribution in [0.5, 0.6) is 0 Å². The molecule has 0 aliphatic heterocycles. The molecule has 1 N–H and O–H groups in total. The normalized spacial score (nSPS) is 11.6. The van der Waals surface area contributed by atoms with E-state index in [9.17, 15) is 5.11 Å². The van der Waals surface area contributed by atoms with E-state index < -0.39 is 5.60 Å². The van der Waals surface area contributed by atoms with Crippen LogP contribution in [0.15, 0.2) is 6.07 Å². The van der Waals surface area contributed by atoms with Gasteiger partial charge in [0.25, 0.3) is 0 Å². The third kappa shape index (κ3) is 4.88. The van der Waals surface area contributed by atoms with Crippen LogP contribution in [0.1, 0.15) is 33.0 Å². The van der Waals surface area contributed by atoms with Gasteiger partial charge in [-0.2, -0.15) is 0 Å². The fraction of sp³-hybridized carbons (Fsp3) is 0.667. The number of aromatic nitrogens is 2. The maximum Gasteiger partial charge on any atom is 0.134 e. The summed E-state index contributed by atoms with van der Waals surface area (Å²) in [5, 5.41) is 10.2. The van der Waals surface area contributed by atoms with Crippen LogP contribution in [-0.4, -0.2) is 34.3 Å². The lowest BCUT2D eigenvalue weighted by Gasteiger charge is -2.26. The molecule has 0 aliphatic rings.